The van der Waals surface area contributed by atoms with E-state index in [0.29, 0.717) is 39.9 Å². The topological polar surface area (TPSA) is 46.5 Å². The summed E-state index contributed by atoms with van der Waals surface area (Å²) in [4.78, 5) is 12.2. The molecule has 4 saturated carbocycles. The van der Waals surface area contributed by atoms with E-state index in [1.165, 1.54) is 52.1 Å². The molecule has 1 N–H and O–H groups in total. The monoisotopic (exact) mass is 472 g/mol. The van der Waals surface area contributed by atoms with Crippen LogP contribution in [0.15, 0.2) is 12.2 Å². The predicted molar refractivity (Wildman–Crippen MR) is 139 cm³/mol. The third kappa shape index (κ3) is 3.65. The SMILES string of the molecule is C=C(C)C(O)CC[C@@H](C)[C@H]1CC[C@@]2(C)[C@@H]3CC[C@@H](C(C)C)[C@@]4(CCC(=O)OC)C[C@@]34CC[C@]12C. The molecule has 3 heteroatoms. The number of esters is 1. The van der Waals surface area contributed by atoms with Crippen molar-refractivity contribution in [1.29, 1.82) is 0 Å². The van der Waals surface area contributed by atoms with Crippen LogP contribution in [0.5, 0.6) is 0 Å². The number of methoxy groups -OCH3 is 1. The average molecular weight is 473 g/mol. The highest BCUT2D eigenvalue weighted by Crippen LogP contribution is 2.87. The minimum absolute atomic E-state index is 0.0281. The first-order chi connectivity index (χ1) is 15.9. The molecule has 0 aromatic heterocycles. The molecule has 1 spiro atoms. The lowest BCUT2D eigenvalue weighted by molar-refractivity contribution is -0.144. The maximum atomic E-state index is 12.2. The zero-order chi connectivity index (χ0) is 25.1. The fourth-order valence-electron chi connectivity index (χ4n) is 10.5. The Morgan fingerprint density at radius 1 is 1.03 bits per heavy atom. The number of aliphatic hydroxyl groups is 1. The summed E-state index contributed by atoms with van der Waals surface area (Å²) in [5.41, 5.74) is 2.49. The van der Waals surface area contributed by atoms with Gasteiger partial charge in [0, 0.05) is 6.42 Å². The van der Waals surface area contributed by atoms with Gasteiger partial charge in [0.2, 0.25) is 0 Å². The van der Waals surface area contributed by atoms with Gasteiger partial charge in [0.15, 0.2) is 0 Å². The summed E-state index contributed by atoms with van der Waals surface area (Å²) >= 11 is 0. The van der Waals surface area contributed by atoms with Gasteiger partial charge < -0.3 is 9.84 Å². The van der Waals surface area contributed by atoms with Crippen LogP contribution >= 0.6 is 0 Å². The second kappa shape index (κ2) is 8.93. The maximum Gasteiger partial charge on any atom is 0.305 e. The fraction of sp³-hybridized carbons (Fsp3) is 0.903. The number of aliphatic hydroxyl groups excluding tert-OH is 1. The lowest BCUT2D eigenvalue weighted by Gasteiger charge is -2.61. The van der Waals surface area contributed by atoms with Gasteiger partial charge in [0.05, 0.1) is 13.2 Å². The number of hydrogen-bond donors (Lipinski definition) is 1. The predicted octanol–water partition coefficient (Wildman–Crippen LogP) is 7.57. The van der Waals surface area contributed by atoms with Crippen molar-refractivity contribution in [3.63, 3.8) is 0 Å². The zero-order valence-electron chi connectivity index (χ0n) is 23.2. The molecule has 4 fully saturated rings. The van der Waals surface area contributed by atoms with Crippen LogP contribution in [0.25, 0.3) is 0 Å². The highest BCUT2D eigenvalue weighted by molar-refractivity contribution is 5.69. The molecule has 9 atom stereocenters. The number of fused-ring (bicyclic) bond motifs is 2. The number of carbonyl (C=O) groups is 1. The molecule has 0 amide bonds. The maximum absolute atomic E-state index is 12.2. The van der Waals surface area contributed by atoms with Crippen molar-refractivity contribution >= 4 is 5.97 Å². The number of hydrogen-bond acceptors (Lipinski definition) is 3. The molecular weight excluding hydrogens is 420 g/mol. The van der Waals surface area contributed by atoms with E-state index in [1.54, 1.807) is 0 Å². The first kappa shape index (κ1) is 26.2. The molecule has 0 saturated heterocycles. The van der Waals surface area contributed by atoms with Crippen LogP contribution in [-0.4, -0.2) is 24.3 Å². The van der Waals surface area contributed by atoms with Crippen molar-refractivity contribution in [2.45, 2.75) is 118 Å². The van der Waals surface area contributed by atoms with E-state index in [-0.39, 0.29) is 12.1 Å². The lowest BCUT2D eigenvalue weighted by Crippen LogP contribution is -2.54. The number of carbonyl (C=O) groups excluding carboxylic acids is 1. The molecule has 4 aliphatic rings. The summed E-state index contributed by atoms with van der Waals surface area (Å²) in [7, 11) is 1.54. The van der Waals surface area contributed by atoms with E-state index in [9.17, 15) is 9.90 Å². The molecule has 0 radical (unpaired) electrons. The van der Waals surface area contributed by atoms with Crippen molar-refractivity contribution in [1.82, 2.24) is 0 Å². The van der Waals surface area contributed by atoms with Crippen molar-refractivity contribution < 1.29 is 14.6 Å². The van der Waals surface area contributed by atoms with Crippen LogP contribution in [0, 0.1) is 51.2 Å². The van der Waals surface area contributed by atoms with E-state index < -0.39 is 0 Å². The Morgan fingerprint density at radius 3 is 2.35 bits per heavy atom. The molecule has 0 aromatic carbocycles. The highest BCUT2D eigenvalue weighted by atomic mass is 16.5. The van der Waals surface area contributed by atoms with Crippen LogP contribution in [0.4, 0.5) is 0 Å². The highest BCUT2D eigenvalue weighted by Gasteiger charge is 2.80. The quantitative estimate of drug-likeness (QED) is 0.278. The molecule has 3 nitrogen and oxygen atoms in total. The molecule has 194 valence electrons. The summed E-state index contributed by atoms with van der Waals surface area (Å²) in [5.74, 6) is 3.60. The molecule has 0 bridgehead atoms. The second-order valence-electron chi connectivity index (χ2n) is 13.9. The van der Waals surface area contributed by atoms with Gasteiger partial charge in [-0.2, -0.15) is 0 Å². The Morgan fingerprint density at radius 2 is 1.74 bits per heavy atom. The van der Waals surface area contributed by atoms with E-state index in [0.717, 1.165) is 42.6 Å². The first-order valence-corrected chi connectivity index (χ1v) is 14.3. The van der Waals surface area contributed by atoms with Gasteiger partial charge in [-0.15, -0.1) is 0 Å². The fourth-order valence-corrected chi connectivity index (χ4v) is 10.5. The van der Waals surface area contributed by atoms with Gasteiger partial charge >= 0.3 is 5.97 Å². The Labute approximate surface area is 209 Å². The molecule has 4 aliphatic carbocycles. The standard InChI is InChI=1S/C31H52O3/c1-20(2)23-10-12-26-29(7)15-13-24(22(5)9-11-25(32)21(3)4)28(29,6)17-18-31(26)19-30(23,31)16-14-27(33)34-8/h20,22-26,32H,3,9-19H2,1-2,4-8H3/t22-,23+,24-,25?,26+,28-,29+,30-,31+/m1/s1. The number of ether oxygens (including phenoxy) is 1. The van der Waals surface area contributed by atoms with Gasteiger partial charge in [-0.1, -0.05) is 46.8 Å². The summed E-state index contributed by atoms with van der Waals surface area (Å²) in [6, 6.07) is 0. The van der Waals surface area contributed by atoms with Gasteiger partial charge in [-0.25, -0.2) is 0 Å². The summed E-state index contributed by atoms with van der Waals surface area (Å²) in [6.45, 7) is 18.5. The van der Waals surface area contributed by atoms with Crippen molar-refractivity contribution in [2.24, 2.45) is 51.2 Å². The van der Waals surface area contributed by atoms with E-state index in [2.05, 4.69) is 41.2 Å². The Kier molecular flexibility index (Phi) is 6.89. The first-order valence-electron chi connectivity index (χ1n) is 14.3. The van der Waals surface area contributed by atoms with Gasteiger partial charge in [-0.05, 0) is 122 Å². The van der Waals surface area contributed by atoms with E-state index >= 15 is 0 Å². The second-order valence-corrected chi connectivity index (χ2v) is 13.9. The minimum atomic E-state index is -0.356. The van der Waals surface area contributed by atoms with Crippen LogP contribution < -0.4 is 0 Å². The largest absolute Gasteiger partial charge is 0.469 e. The van der Waals surface area contributed by atoms with Crippen molar-refractivity contribution in [3.8, 4) is 0 Å². The molecular formula is C31H52O3. The van der Waals surface area contributed by atoms with Crippen molar-refractivity contribution in [3.05, 3.63) is 12.2 Å². The summed E-state index contributed by atoms with van der Waals surface area (Å²) in [6.07, 6.45) is 12.7. The van der Waals surface area contributed by atoms with Gasteiger partial charge in [0.25, 0.3) is 0 Å². The Balaban J connectivity index is 1.57. The minimum Gasteiger partial charge on any atom is -0.469 e. The Hall–Kier alpha value is -0.830. The average Bonchev–Trinajstić information content (AvgIpc) is 3.38. The van der Waals surface area contributed by atoms with Crippen LogP contribution in [0.2, 0.25) is 0 Å². The van der Waals surface area contributed by atoms with E-state index in [4.69, 9.17) is 4.74 Å². The smallest absolute Gasteiger partial charge is 0.305 e. The Bertz CT molecular complexity index is 802. The van der Waals surface area contributed by atoms with Gasteiger partial charge in [0.1, 0.15) is 0 Å². The summed E-state index contributed by atoms with van der Waals surface area (Å²) < 4.78 is 5.07. The van der Waals surface area contributed by atoms with E-state index in [1.807, 2.05) is 6.92 Å². The molecule has 0 aromatic rings. The van der Waals surface area contributed by atoms with Gasteiger partial charge in [-0.3, -0.25) is 4.79 Å². The molecule has 34 heavy (non-hydrogen) atoms. The number of rotatable bonds is 9. The molecule has 0 aliphatic heterocycles. The molecule has 4 rings (SSSR count). The third-order valence-electron chi connectivity index (χ3n) is 12.6. The molecule has 1 unspecified atom stereocenters. The lowest BCUT2D eigenvalue weighted by atomic mass is 9.43. The van der Waals surface area contributed by atoms with Crippen LogP contribution in [0.1, 0.15) is 112 Å². The van der Waals surface area contributed by atoms with Crippen LogP contribution in [0.3, 0.4) is 0 Å². The zero-order valence-corrected chi connectivity index (χ0v) is 23.2. The normalized spacial score (nSPS) is 44.6. The molecule has 0 heterocycles. The third-order valence-corrected chi connectivity index (χ3v) is 12.6. The van der Waals surface area contributed by atoms with Crippen molar-refractivity contribution in [2.75, 3.05) is 7.11 Å². The van der Waals surface area contributed by atoms with Crippen LogP contribution in [-0.2, 0) is 9.53 Å². The summed E-state index contributed by atoms with van der Waals surface area (Å²) in [5, 5.41) is 10.3.